The Bertz CT molecular complexity index is 877. The van der Waals surface area contributed by atoms with Crippen LogP contribution >= 0.6 is 0 Å². The Morgan fingerprint density at radius 3 is 2.80 bits per heavy atom. The van der Waals surface area contributed by atoms with Crippen LogP contribution in [0.2, 0.25) is 0 Å². The molecule has 1 aromatic heterocycles. The van der Waals surface area contributed by atoms with Gasteiger partial charge in [0.25, 0.3) is 0 Å². The highest BCUT2D eigenvalue weighted by molar-refractivity contribution is 5.77. The smallest absolute Gasteiger partial charge is 0.222 e. The molecule has 0 radical (unpaired) electrons. The fourth-order valence-corrected chi connectivity index (χ4v) is 2.79. The first-order chi connectivity index (χ1) is 12.0. The lowest BCUT2D eigenvalue weighted by atomic mass is 10.1. The molecule has 0 spiro atoms. The second-order valence-electron chi connectivity index (χ2n) is 5.95. The third kappa shape index (κ3) is 4.03. The summed E-state index contributed by atoms with van der Waals surface area (Å²) in [6.45, 7) is 0.403. The van der Waals surface area contributed by atoms with Crippen LogP contribution < -0.4 is 5.32 Å². The van der Waals surface area contributed by atoms with Crippen molar-refractivity contribution in [3.63, 3.8) is 0 Å². The lowest BCUT2D eigenvalue weighted by molar-refractivity contribution is -0.123. The largest absolute Gasteiger partial charge is 0.388 e. The van der Waals surface area contributed by atoms with Crippen molar-refractivity contribution < 1.29 is 14.3 Å². The fraction of sp³-hybridized carbons (Fsp3) is 0.263. The predicted octanol–water partition coefficient (Wildman–Crippen LogP) is 2.49. The first-order valence-electron chi connectivity index (χ1n) is 8.15. The van der Waals surface area contributed by atoms with Crippen LogP contribution in [0.3, 0.4) is 0 Å². The number of hydrogen-bond donors (Lipinski definition) is 2. The number of hydrogen-bond acceptors (Lipinski definition) is 3. The maximum Gasteiger partial charge on any atom is 0.222 e. The standard InChI is InChI=1S/C19H20FN3O2/c1-23-16-11-14(20)7-8-15(16)22-18(23)9-10-21-19(25)12-17(24)13-5-3-2-4-6-13/h2-8,11,17,24H,9-10,12H2,1H3,(H,21,25). The Labute approximate surface area is 145 Å². The molecule has 1 atom stereocenters. The molecule has 6 heteroatoms. The van der Waals surface area contributed by atoms with Gasteiger partial charge in [0.1, 0.15) is 11.6 Å². The van der Waals surface area contributed by atoms with Crippen LogP contribution in [0.25, 0.3) is 11.0 Å². The van der Waals surface area contributed by atoms with Crippen molar-refractivity contribution in [1.82, 2.24) is 14.9 Å². The van der Waals surface area contributed by atoms with Gasteiger partial charge in [0, 0.05) is 20.0 Å². The highest BCUT2D eigenvalue weighted by atomic mass is 19.1. The van der Waals surface area contributed by atoms with Crippen molar-refractivity contribution >= 4 is 16.9 Å². The number of fused-ring (bicyclic) bond motifs is 1. The summed E-state index contributed by atoms with van der Waals surface area (Å²) in [5.74, 6) is 0.246. The van der Waals surface area contributed by atoms with Gasteiger partial charge in [-0.05, 0) is 23.8 Å². The first kappa shape index (κ1) is 17.1. The molecule has 5 nitrogen and oxygen atoms in total. The van der Waals surface area contributed by atoms with Crippen LogP contribution in [0.5, 0.6) is 0 Å². The SMILES string of the molecule is Cn1c(CCNC(=O)CC(O)c2ccccc2)nc2ccc(F)cc21. The number of imidazole rings is 1. The maximum atomic E-state index is 13.3. The van der Waals surface area contributed by atoms with Crippen LogP contribution in [0, 0.1) is 5.82 Å². The molecule has 0 saturated heterocycles. The first-order valence-corrected chi connectivity index (χ1v) is 8.15. The van der Waals surface area contributed by atoms with E-state index < -0.39 is 6.10 Å². The third-order valence-electron chi connectivity index (χ3n) is 4.17. The number of nitrogens with zero attached hydrogens (tertiary/aromatic N) is 2. The van der Waals surface area contributed by atoms with E-state index in [2.05, 4.69) is 10.3 Å². The van der Waals surface area contributed by atoms with Crippen molar-refractivity contribution in [2.75, 3.05) is 6.54 Å². The zero-order chi connectivity index (χ0) is 17.8. The summed E-state index contributed by atoms with van der Waals surface area (Å²) in [5, 5.41) is 12.8. The highest BCUT2D eigenvalue weighted by Gasteiger charge is 2.13. The molecule has 0 aliphatic carbocycles. The van der Waals surface area contributed by atoms with Gasteiger partial charge in [-0.1, -0.05) is 30.3 Å². The van der Waals surface area contributed by atoms with Gasteiger partial charge in [-0.25, -0.2) is 9.37 Å². The van der Waals surface area contributed by atoms with Gasteiger partial charge >= 0.3 is 0 Å². The lowest BCUT2D eigenvalue weighted by Crippen LogP contribution is -2.27. The van der Waals surface area contributed by atoms with Gasteiger partial charge < -0.3 is 15.0 Å². The Kier molecular flexibility index (Phi) is 5.09. The molecule has 1 heterocycles. The minimum absolute atomic E-state index is 0.0117. The molecule has 1 amide bonds. The van der Waals surface area contributed by atoms with E-state index in [1.54, 1.807) is 18.2 Å². The molecule has 3 rings (SSSR count). The zero-order valence-corrected chi connectivity index (χ0v) is 13.9. The van der Waals surface area contributed by atoms with Crippen LogP contribution in [0.4, 0.5) is 4.39 Å². The summed E-state index contributed by atoms with van der Waals surface area (Å²) in [5.41, 5.74) is 2.17. The van der Waals surface area contributed by atoms with Crippen LogP contribution in [0.1, 0.15) is 23.9 Å². The summed E-state index contributed by atoms with van der Waals surface area (Å²) in [6.07, 6.45) is -0.280. The number of benzene rings is 2. The van der Waals surface area contributed by atoms with Gasteiger partial charge in [-0.15, -0.1) is 0 Å². The molecule has 2 aromatic carbocycles. The topological polar surface area (TPSA) is 67.2 Å². The number of amides is 1. The number of carbonyl (C=O) groups excluding carboxylic acids is 1. The van der Waals surface area contributed by atoms with Crippen molar-refractivity contribution in [3.8, 4) is 0 Å². The molecule has 1 unspecified atom stereocenters. The van der Waals surface area contributed by atoms with Gasteiger partial charge in [0.15, 0.2) is 0 Å². The molecular formula is C19H20FN3O2. The average molecular weight is 341 g/mol. The Hall–Kier alpha value is -2.73. The number of carbonyl (C=O) groups is 1. The number of rotatable bonds is 6. The van der Waals surface area contributed by atoms with E-state index >= 15 is 0 Å². The molecule has 2 N–H and O–H groups in total. The molecule has 0 bridgehead atoms. The van der Waals surface area contributed by atoms with E-state index in [0.717, 1.165) is 22.4 Å². The predicted molar refractivity (Wildman–Crippen MR) is 93.4 cm³/mol. The summed E-state index contributed by atoms with van der Waals surface area (Å²) in [7, 11) is 1.82. The maximum absolute atomic E-state index is 13.3. The number of nitrogens with one attached hydrogen (secondary N) is 1. The van der Waals surface area contributed by atoms with Gasteiger partial charge in [-0.3, -0.25) is 4.79 Å². The monoisotopic (exact) mass is 341 g/mol. The van der Waals surface area contributed by atoms with Crippen LogP contribution in [0.15, 0.2) is 48.5 Å². The summed E-state index contributed by atoms with van der Waals surface area (Å²) in [4.78, 5) is 16.4. The Morgan fingerprint density at radius 1 is 1.28 bits per heavy atom. The second kappa shape index (κ2) is 7.44. The second-order valence-corrected chi connectivity index (χ2v) is 5.95. The number of aliphatic hydroxyl groups excluding tert-OH is 1. The number of aryl methyl sites for hydroxylation is 1. The fourth-order valence-electron chi connectivity index (χ4n) is 2.79. The van der Waals surface area contributed by atoms with Crippen LogP contribution in [-0.2, 0) is 18.3 Å². The molecule has 0 aliphatic heterocycles. The number of halogens is 1. The van der Waals surface area contributed by atoms with Gasteiger partial charge in [0.2, 0.25) is 5.91 Å². The van der Waals surface area contributed by atoms with E-state index in [4.69, 9.17) is 0 Å². The quantitative estimate of drug-likeness (QED) is 0.724. The average Bonchev–Trinajstić information content (AvgIpc) is 2.91. The van der Waals surface area contributed by atoms with E-state index in [9.17, 15) is 14.3 Å². The summed E-state index contributed by atoms with van der Waals surface area (Å²) >= 11 is 0. The molecular weight excluding hydrogens is 321 g/mol. The molecule has 0 fully saturated rings. The van der Waals surface area contributed by atoms with Crippen molar-refractivity contribution in [2.45, 2.75) is 18.9 Å². The number of aliphatic hydroxyl groups is 1. The van der Waals surface area contributed by atoms with Crippen molar-refractivity contribution in [2.24, 2.45) is 7.05 Å². The molecule has 25 heavy (non-hydrogen) atoms. The zero-order valence-electron chi connectivity index (χ0n) is 13.9. The highest BCUT2D eigenvalue weighted by Crippen LogP contribution is 2.17. The molecule has 0 aliphatic rings. The summed E-state index contributed by atoms with van der Waals surface area (Å²) in [6, 6.07) is 13.6. The Balaban J connectivity index is 1.54. The molecule has 3 aromatic rings. The summed E-state index contributed by atoms with van der Waals surface area (Å²) < 4.78 is 15.1. The van der Waals surface area contributed by atoms with E-state index in [-0.39, 0.29) is 18.1 Å². The molecule has 130 valence electrons. The minimum Gasteiger partial charge on any atom is -0.388 e. The van der Waals surface area contributed by atoms with Crippen molar-refractivity contribution in [1.29, 1.82) is 0 Å². The molecule has 0 saturated carbocycles. The normalized spacial score (nSPS) is 12.3. The van der Waals surface area contributed by atoms with E-state index in [1.165, 1.54) is 12.1 Å². The van der Waals surface area contributed by atoms with E-state index in [0.29, 0.717) is 13.0 Å². The van der Waals surface area contributed by atoms with Crippen molar-refractivity contribution in [3.05, 3.63) is 65.7 Å². The van der Waals surface area contributed by atoms with Crippen LogP contribution in [-0.4, -0.2) is 27.1 Å². The third-order valence-corrected chi connectivity index (χ3v) is 4.17. The van der Waals surface area contributed by atoms with Gasteiger partial charge in [-0.2, -0.15) is 0 Å². The Morgan fingerprint density at radius 2 is 2.04 bits per heavy atom. The minimum atomic E-state index is -0.820. The number of aromatic nitrogens is 2. The van der Waals surface area contributed by atoms with E-state index in [1.807, 2.05) is 29.8 Å². The van der Waals surface area contributed by atoms with Gasteiger partial charge in [0.05, 0.1) is 23.6 Å². The lowest BCUT2D eigenvalue weighted by Gasteiger charge is -2.11.